The molecular formula is C9H9ClN2O3S. The number of nitrogens with two attached hydrogens (primary N) is 1. The van der Waals surface area contributed by atoms with Gasteiger partial charge in [0, 0.05) is 0 Å². The molecule has 3 N–H and O–H groups in total. The van der Waals surface area contributed by atoms with E-state index in [9.17, 15) is 9.59 Å². The summed E-state index contributed by atoms with van der Waals surface area (Å²) in [4.78, 5) is 22.6. The molecule has 2 unspecified atom stereocenters. The number of nitrogens with one attached hydrogen (secondary N) is 1. The van der Waals surface area contributed by atoms with Crippen LogP contribution in [0.15, 0.2) is 22.4 Å². The first-order valence-corrected chi connectivity index (χ1v) is 5.73. The van der Waals surface area contributed by atoms with E-state index in [1.807, 2.05) is 0 Å². The molecule has 1 aliphatic heterocycles. The molecule has 1 heterocycles. The summed E-state index contributed by atoms with van der Waals surface area (Å²) in [5, 5.41) is 2.57. The fourth-order valence-electron chi connectivity index (χ4n) is 1.61. The number of thioether (sulfide) groups is 1. The second-order valence-corrected chi connectivity index (χ2v) is 4.85. The van der Waals surface area contributed by atoms with Crippen LogP contribution in [0, 0.1) is 0 Å². The Hall–Kier alpha value is -1.14. The molecule has 1 aliphatic carbocycles. The maximum atomic E-state index is 11.4. The summed E-state index contributed by atoms with van der Waals surface area (Å²) in [5.41, 5.74) is 6.11. The Labute approximate surface area is 101 Å². The highest BCUT2D eigenvalue weighted by atomic mass is 35.5. The van der Waals surface area contributed by atoms with Crippen molar-refractivity contribution >= 4 is 34.6 Å². The minimum Gasteiger partial charge on any atom is -0.465 e. The minimum atomic E-state index is -0.555. The summed E-state index contributed by atoms with van der Waals surface area (Å²) in [6, 6.07) is -0.300. The van der Waals surface area contributed by atoms with E-state index in [4.69, 9.17) is 17.3 Å². The molecule has 2 rings (SSSR count). The normalized spacial score (nSPS) is 28.4. The first-order chi connectivity index (χ1) is 7.54. The third kappa shape index (κ3) is 1.68. The van der Waals surface area contributed by atoms with Crippen molar-refractivity contribution < 1.29 is 14.3 Å². The van der Waals surface area contributed by atoms with E-state index >= 15 is 0 Å². The molecule has 86 valence electrons. The van der Waals surface area contributed by atoms with E-state index in [2.05, 4.69) is 10.1 Å². The average molecular weight is 261 g/mol. The molecule has 1 saturated heterocycles. The predicted molar refractivity (Wildman–Crippen MR) is 60.9 cm³/mol. The molecule has 5 nitrogen and oxygen atoms in total. The fourth-order valence-corrected chi connectivity index (χ4v) is 2.94. The number of fused-ring (bicyclic) bond motifs is 1. The molecule has 2 aliphatic rings. The number of hydrogen-bond acceptors (Lipinski definition) is 5. The van der Waals surface area contributed by atoms with Gasteiger partial charge in [-0.2, -0.15) is 0 Å². The summed E-state index contributed by atoms with van der Waals surface area (Å²) in [7, 11) is 1.26. The van der Waals surface area contributed by atoms with Crippen molar-refractivity contribution in [2.45, 2.75) is 11.3 Å². The van der Waals surface area contributed by atoms with Gasteiger partial charge in [0.2, 0.25) is 0 Å². The average Bonchev–Trinajstić information content (AvgIpc) is 2.63. The Morgan fingerprint density at radius 1 is 1.69 bits per heavy atom. The maximum absolute atomic E-state index is 11.4. The zero-order valence-corrected chi connectivity index (χ0v) is 9.89. The number of hydrogen-bond donors (Lipinski definition) is 2. The number of halogens is 1. The van der Waals surface area contributed by atoms with Crippen molar-refractivity contribution in [3.8, 4) is 0 Å². The van der Waals surface area contributed by atoms with Gasteiger partial charge in [0.25, 0.3) is 5.24 Å². The van der Waals surface area contributed by atoms with Crippen LogP contribution >= 0.6 is 23.4 Å². The summed E-state index contributed by atoms with van der Waals surface area (Å²) in [6.07, 6.45) is 1.58. The Bertz CT molecular complexity index is 432. The van der Waals surface area contributed by atoms with E-state index in [0.29, 0.717) is 5.03 Å². The first kappa shape index (κ1) is 11.3. The molecule has 1 fully saturated rings. The van der Waals surface area contributed by atoms with Crippen LogP contribution in [0.5, 0.6) is 0 Å². The topological polar surface area (TPSA) is 81.4 Å². The number of esters is 1. The van der Waals surface area contributed by atoms with Gasteiger partial charge in [-0.3, -0.25) is 4.79 Å². The van der Waals surface area contributed by atoms with Crippen molar-refractivity contribution in [1.82, 2.24) is 5.32 Å². The molecule has 0 spiro atoms. The van der Waals surface area contributed by atoms with Crippen molar-refractivity contribution in [3.63, 3.8) is 0 Å². The Kier molecular flexibility index (Phi) is 2.86. The van der Waals surface area contributed by atoms with E-state index in [-0.39, 0.29) is 27.8 Å². The van der Waals surface area contributed by atoms with Gasteiger partial charge in [0.15, 0.2) is 0 Å². The van der Waals surface area contributed by atoms with Gasteiger partial charge in [-0.15, -0.1) is 0 Å². The second-order valence-electron chi connectivity index (χ2n) is 3.33. The smallest absolute Gasteiger partial charge is 0.339 e. The highest BCUT2D eigenvalue weighted by molar-refractivity contribution is 8.14. The van der Waals surface area contributed by atoms with Crippen LogP contribution in [0.1, 0.15) is 0 Å². The van der Waals surface area contributed by atoms with Gasteiger partial charge in [0.05, 0.1) is 34.7 Å². The lowest BCUT2D eigenvalue weighted by Crippen LogP contribution is -2.35. The van der Waals surface area contributed by atoms with E-state index in [0.717, 1.165) is 11.8 Å². The lowest BCUT2D eigenvalue weighted by molar-refractivity contribution is -0.135. The van der Waals surface area contributed by atoms with Crippen molar-refractivity contribution in [1.29, 1.82) is 0 Å². The van der Waals surface area contributed by atoms with Crippen LogP contribution in [0.4, 0.5) is 4.79 Å². The van der Waals surface area contributed by atoms with Crippen LogP contribution in [-0.2, 0) is 9.53 Å². The van der Waals surface area contributed by atoms with Gasteiger partial charge in [0.1, 0.15) is 0 Å². The number of carbonyl (C=O) groups excluding carboxylic acids is 2. The molecule has 0 aromatic rings. The van der Waals surface area contributed by atoms with Crippen molar-refractivity contribution in [2.24, 2.45) is 5.73 Å². The number of rotatable bonds is 1. The number of carbonyl (C=O) groups is 2. The Morgan fingerprint density at radius 2 is 2.38 bits per heavy atom. The molecule has 0 aromatic heterocycles. The molecule has 0 radical (unpaired) electrons. The number of ether oxygens (including phenoxy) is 1. The lowest BCUT2D eigenvalue weighted by atomic mass is 9.99. The summed E-state index contributed by atoms with van der Waals surface area (Å²) in [6.45, 7) is 0. The highest BCUT2D eigenvalue weighted by Crippen LogP contribution is 2.38. The molecule has 0 saturated carbocycles. The predicted octanol–water partition coefficient (Wildman–Crippen LogP) is 0.702. The van der Waals surface area contributed by atoms with E-state index < -0.39 is 5.97 Å². The summed E-state index contributed by atoms with van der Waals surface area (Å²) >= 11 is 7.09. The van der Waals surface area contributed by atoms with Gasteiger partial charge >= 0.3 is 5.97 Å². The molecule has 0 bridgehead atoms. The minimum absolute atomic E-state index is 0.177. The van der Waals surface area contributed by atoms with Crippen LogP contribution in [-0.4, -0.2) is 29.6 Å². The highest BCUT2D eigenvalue weighted by Gasteiger charge is 2.40. The van der Waals surface area contributed by atoms with Gasteiger partial charge in [-0.25, -0.2) is 4.79 Å². The fraction of sp³-hybridized carbons (Fsp3) is 0.333. The zero-order chi connectivity index (χ0) is 11.9. The molecule has 16 heavy (non-hydrogen) atoms. The van der Waals surface area contributed by atoms with Crippen LogP contribution in [0.3, 0.4) is 0 Å². The molecular weight excluding hydrogens is 252 g/mol. The largest absolute Gasteiger partial charge is 0.465 e. The molecule has 2 atom stereocenters. The van der Waals surface area contributed by atoms with Gasteiger partial charge < -0.3 is 15.8 Å². The third-order valence-corrected chi connectivity index (χ3v) is 4.08. The SMILES string of the molecule is COC(=O)C1=CC2NC(=O)SC2C(Cl)=C1N. The van der Waals surface area contributed by atoms with E-state index in [1.54, 1.807) is 6.08 Å². The van der Waals surface area contributed by atoms with Crippen LogP contribution < -0.4 is 11.1 Å². The second kappa shape index (κ2) is 4.03. The van der Waals surface area contributed by atoms with E-state index in [1.165, 1.54) is 7.11 Å². The van der Waals surface area contributed by atoms with Gasteiger partial charge in [-0.05, 0) is 6.08 Å². The summed E-state index contributed by atoms with van der Waals surface area (Å²) < 4.78 is 4.58. The van der Waals surface area contributed by atoms with Crippen molar-refractivity contribution in [3.05, 3.63) is 22.4 Å². The summed E-state index contributed by atoms with van der Waals surface area (Å²) in [5.74, 6) is -0.555. The number of methoxy groups -OCH3 is 1. The third-order valence-electron chi connectivity index (χ3n) is 2.39. The van der Waals surface area contributed by atoms with Gasteiger partial charge in [-0.1, -0.05) is 23.4 Å². The zero-order valence-electron chi connectivity index (χ0n) is 8.32. The molecule has 1 amide bonds. The monoisotopic (exact) mass is 260 g/mol. The Balaban J connectivity index is 2.39. The van der Waals surface area contributed by atoms with Crippen LogP contribution in [0.2, 0.25) is 0 Å². The first-order valence-electron chi connectivity index (χ1n) is 4.47. The van der Waals surface area contributed by atoms with Crippen LogP contribution in [0.25, 0.3) is 0 Å². The molecule has 7 heteroatoms. The number of amides is 1. The quantitative estimate of drug-likeness (QED) is 0.679. The maximum Gasteiger partial charge on any atom is 0.339 e. The van der Waals surface area contributed by atoms with Crippen molar-refractivity contribution in [2.75, 3.05) is 7.11 Å². The standard InChI is InChI=1S/C9H9ClN2O3S/c1-15-8(13)3-2-4-7(5(10)6(3)11)16-9(14)12-4/h2,4,7H,11H2,1H3,(H,12,14). The lowest BCUT2D eigenvalue weighted by Gasteiger charge is -2.22. The molecule has 0 aromatic carbocycles. The Morgan fingerprint density at radius 3 is 3.00 bits per heavy atom.